The van der Waals surface area contributed by atoms with Crippen molar-refractivity contribution in [1.82, 2.24) is 0 Å². The van der Waals surface area contributed by atoms with Gasteiger partial charge in [-0.15, -0.1) is 0 Å². The van der Waals surface area contributed by atoms with Crippen LogP contribution in [0.5, 0.6) is 11.5 Å². The van der Waals surface area contributed by atoms with E-state index in [1.807, 2.05) is 56.3 Å². The zero-order valence-corrected chi connectivity index (χ0v) is 17.8. The predicted octanol–water partition coefficient (Wildman–Crippen LogP) is 5.44. The fraction of sp³-hybridized carbons (Fsp3) is 0.154. The lowest BCUT2D eigenvalue weighted by Crippen LogP contribution is -2.13. The Morgan fingerprint density at radius 2 is 1.74 bits per heavy atom. The molecule has 0 saturated heterocycles. The van der Waals surface area contributed by atoms with Crippen LogP contribution in [0.3, 0.4) is 0 Å². The second-order valence-electron chi connectivity index (χ2n) is 7.18. The van der Waals surface area contributed by atoms with E-state index in [-0.39, 0.29) is 5.57 Å². The van der Waals surface area contributed by atoms with Crippen LogP contribution >= 0.6 is 0 Å². The number of amides is 1. The van der Waals surface area contributed by atoms with E-state index >= 15 is 0 Å². The predicted molar refractivity (Wildman–Crippen MR) is 122 cm³/mol. The molecule has 3 rings (SSSR count). The average molecular weight is 412 g/mol. The molecule has 1 amide bonds. The molecule has 0 fully saturated rings. The van der Waals surface area contributed by atoms with E-state index in [2.05, 4.69) is 11.4 Å². The molecule has 0 spiro atoms. The molecule has 0 heterocycles. The van der Waals surface area contributed by atoms with E-state index in [1.165, 1.54) is 11.6 Å². The van der Waals surface area contributed by atoms with Gasteiger partial charge in [0.25, 0.3) is 5.91 Å². The first-order chi connectivity index (χ1) is 15.0. The summed E-state index contributed by atoms with van der Waals surface area (Å²) in [5.74, 6) is 0.647. The first kappa shape index (κ1) is 21.7. The molecule has 31 heavy (non-hydrogen) atoms. The molecular weight excluding hydrogens is 388 g/mol. The molecule has 5 heteroatoms. The number of carbonyl (C=O) groups is 1. The summed E-state index contributed by atoms with van der Waals surface area (Å²) in [5, 5.41) is 12.2. The number of carbonyl (C=O) groups excluding carboxylic acids is 1. The number of nitrogens with one attached hydrogen (secondary N) is 1. The summed E-state index contributed by atoms with van der Waals surface area (Å²) in [6.07, 6.45) is 1.53. The fourth-order valence-electron chi connectivity index (χ4n) is 3.09. The lowest BCUT2D eigenvalue weighted by atomic mass is 10.1. The molecule has 0 unspecified atom stereocenters. The number of hydrogen-bond acceptors (Lipinski definition) is 4. The molecule has 3 aromatic rings. The summed E-state index contributed by atoms with van der Waals surface area (Å²) >= 11 is 0. The van der Waals surface area contributed by atoms with Crippen molar-refractivity contribution >= 4 is 17.7 Å². The highest BCUT2D eigenvalue weighted by Gasteiger charge is 2.11. The highest BCUT2D eigenvalue weighted by Crippen LogP contribution is 2.30. The summed E-state index contributed by atoms with van der Waals surface area (Å²) in [6, 6.07) is 22.8. The van der Waals surface area contributed by atoms with Gasteiger partial charge in [0.05, 0.1) is 7.11 Å². The number of ether oxygens (including phenoxy) is 2. The van der Waals surface area contributed by atoms with Crippen LogP contribution in [-0.2, 0) is 11.4 Å². The van der Waals surface area contributed by atoms with Gasteiger partial charge < -0.3 is 14.8 Å². The summed E-state index contributed by atoms with van der Waals surface area (Å²) in [6.45, 7) is 4.38. The summed E-state index contributed by atoms with van der Waals surface area (Å²) in [4.78, 5) is 12.5. The molecule has 156 valence electrons. The maximum Gasteiger partial charge on any atom is 0.266 e. The highest BCUT2D eigenvalue weighted by atomic mass is 16.5. The van der Waals surface area contributed by atoms with Gasteiger partial charge in [0.2, 0.25) is 0 Å². The van der Waals surface area contributed by atoms with Crippen molar-refractivity contribution in [1.29, 1.82) is 5.26 Å². The molecule has 0 aromatic heterocycles. The van der Waals surface area contributed by atoms with Crippen LogP contribution in [0.4, 0.5) is 5.69 Å². The average Bonchev–Trinajstić information content (AvgIpc) is 2.76. The maximum absolute atomic E-state index is 12.5. The van der Waals surface area contributed by atoms with Crippen molar-refractivity contribution < 1.29 is 14.3 Å². The van der Waals surface area contributed by atoms with Gasteiger partial charge in [-0.1, -0.05) is 48.0 Å². The van der Waals surface area contributed by atoms with Crippen molar-refractivity contribution in [3.8, 4) is 17.6 Å². The van der Waals surface area contributed by atoms with Crippen LogP contribution in [0.1, 0.15) is 22.3 Å². The van der Waals surface area contributed by atoms with Gasteiger partial charge in [-0.25, -0.2) is 0 Å². The molecular formula is C26H24N2O3. The summed E-state index contributed by atoms with van der Waals surface area (Å²) in [5.41, 5.74) is 4.55. The van der Waals surface area contributed by atoms with Crippen molar-refractivity contribution in [2.45, 2.75) is 20.5 Å². The normalized spacial score (nSPS) is 10.8. The minimum absolute atomic E-state index is 0.00279. The fourth-order valence-corrected chi connectivity index (χ4v) is 3.09. The number of nitrogens with zero attached hydrogens (tertiary/aromatic N) is 1. The van der Waals surface area contributed by atoms with Crippen LogP contribution in [0.25, 0.3) is 6.08 Å². The Hall–Kier alpha value is -4.04. The zero-order valence-electron chi connectivity index (χ0n) is 17.8. The number of hydrogen-bond donors (Lipinski definition) is 1. The second-order valence-corrected chi connectivity index (χ2v) is 7.18. The SMILES string of the molecule is COc1cc(/C=C(/C#N)C(=O)Nc2cccc(C)c2)ccc1OCc1cccc(C)c1. The minimum Gasteiger partial charge on any atom is -0.493 e. The third-order valence-electron chi connectivity index (χ3n) is 4.62. The van der Waals surface area contributed by atoms with E-state index < -0.39 is 5.91 Å². The molecule has 0 aliphatic carbocycles. The second kappa shape index (κ2) is 10.1. The monoisotopic (exact) mass is 412 g/mol. The Bertz CT molecular complexity index is 1160. The molecule has 0 atom stereocenters. The standard InChI is InChI=1S/C26H24N2O3/c1-18-6-4-8-21(12-18)17-31-24-11-10-20(15-25(24)30-3)14-22(16-27)26(29)28-23-9-5-7-19(2)13-23/h4-15H,17H2,1-3H3,(H,28,29)/b22-14-. The molecule has 0 radical (unpaired) electrons. The zero-order chi connectivity index (χ0) is 22.2. The van der Waals surface area contributed by atoms with Gasteiger partial charge in [-0.05, 0) is 60.9 Å². The highest BCUT2D eigenvalue weighted by molar-refractivity contribution is 6.09. The van der Waals surface area contributed by atoms with Gasteiger partial charge in [0, 0.05) is 5.69 Å². The smallest absolute Gasteiger partial charge is 0.266 e. The van der Waals surface area contributed by atoms with Gasteiger partial charge in [-0.2, -0.15) is 5.26 Å². The van der Waals surface area contributed by atoms with Crippen LogP contribution in [0.15, 0.2) is 72.3 Å². The number of methoxy groups -OCH3 is 1. The lowest BCUT2D eigenvalue weighted by Gasteiger charge is -2.12. The molecule has 0 bridgehead atoms. The quantitative estimate of drug-likeness (QED) is 0.414. The van der Waals surface area contributed by atoms with E-state index in [1.54, 1.807) is 31.4 Å². The molecule has 5 nitrogen and oxygen atoms in total. The number of nitriles is 1. The Kier molecular flexibility index (Phi) is 7.08. The van der Waals surface area contributed by atoms with E-state index in [9.17, 15) is 10.1 Å². The molecule has 3 aromatic carbocycles. The van der Waals surface area contributed by atoms with Crippen molar-refractivity contribution in [2.75, 3.05) is 12.4 Å². The van der Waals surface area contributed by atoms with Crippen LogP contribution in [0.2, 0.25) is 0 Å². The minimum atomic E-state index is -0.466. The van der Waals surface area contributed by atoms with Gasteiger partial charge in [-0.3, -0.25) is 4.79 Å². The van der Waals surface area contributed by atoms with E-state index in [0.29, 0.717) is 29.4 Å². The van der Waals surface area contributed by atoms with Crippen LogP contribution in [0, 0.1) is 25.2 Å². The third kappa shape index (κ3) is 5.97. The van der Waals surface area contributed by atoms with E-state index in [4.69, 9.17) is 9.47 Å². The first-order valence-corrected chi connectivity index (χ1v) is 9.84. The van der Waals surface area contributed by atoms with Crippen LogP contribution in [-0.4, -0.2) is 13.0 Å². The third-order valence-corrected chi connectivity index (χ3v) is 4.62. The van der Waals surface area contributed by atoms with Crippen molar-refractivity contribution in [2.24, 2.45) is 0 Å². The Labute approximate surface area is 182 Å². The van der Waals surface area contributed by atoms with Crippen molar-refractivity contribution in [3.63, 3.8) is 0 Å². The lowest BCUT2D eigenvalue weighted by molar-refractivity contribution is -0.112. The van der Waals surface area contributed by atoms with Gasteiger partial charge in [0.15, 0.2) is 11.5 Å². The number of anilines is 1. The van der Waals surface area contributed by atoms with Gasteiger partial charge >= 0.3 is 0 Å². The van der Waals surface area contributed by atoms with Crippen LogP contribution < -0.4 is 14.8 Å². The number of benzene rings is 3. The summed E-state index contributed by atoms with van der Waals surface area (Å²) in [7, 11) is 1.55. The largest absolute Gasteiger partial charge is 0.493 e. The molecule has 1 N–H and O–H groups in total. The number of rotatable bonds is 7. The van der Waals surface area contributed by atoms with E-state index in [0.717, 1.165) is 11.1 Å². The first-order valence-electron chi connectivity index (χ1n) is 9.84. The topological polar surface area (TPSA) is 71.3 Å². The van der Waals surface area contributed by atoms with Gasteiger partial charge in [0.1, 0.15) is 18.2 Å². The maximum atomic E-state index is 12.5. The van der Waals surface area contributed by atoms with Crippen molar-refractivity contribution in [3.05, 3.63) is 94.6 Å². The molecule has 0 aliphatic rings. The molecule has 0 aliphatic heterocycles. The Morgan fingerprint density at radius 1 is 1.00 bits per heavy atom. The Balaban J connectivity index is 1.75. The molecule has 0 saturated carbocycles. The summed E-state index contributed by atoms with van der Waals surface area (Å²) < 4.78 is 11.3. The Morgan fingerprint density at radius 3 is 2.42 bits per heavy atom. The number of aryl methyl sites for hydroxylation is 2.